The Balaban J connectivity index is 2.18. The molecule has 1 heterocycles. The van der Waals surface area contributed by atoms with E-state index in [9.17, 15) is 4.79 Å². The molecule has 6 heteroatoms. The molecule has 0 unspecified atom stereocenters. The van der Waals surface area contributed by atoms with Crippen LogP contribution in [0.25, 0.3) is 0 Å². The highest BCUT2D eigenvalue weighted by molar-refractivity contribution is 5.93. The predicted molar refractivity (Wildman–Crippen MR) is 73.8 cm³/mol. The molecule has 0 spiro atoms. The Morgan fingerprint density at radius 2 is 2.10 bits per heavy atom. The van der Waals surface area contributed by atoms with Gasteiger partial charge in [-0.2, -0.15) is 5.26 Å². The number of para-hydroxylation sites is 1. The Morgan fingerprint density at radius 3 is 2.65 bits per heavy atom. The van der Waals surface area contributed by atoms with E-state index >= 15 is 0 Å². The van der Waals surface area contributed by atoms with Gasteiger partial charge in [0.05, 0.1) is 0 Å². The highest BCUT2D eigenvalue weighted by atomic mass is 16.2. The average molecular weight is 269 g/mol. The van der Waals surface area contributed by atoms with E-state index in [1.165, 1.54) is 11.0 Å². The molecule has 1 aromatic heterocycles. The van der Waals surface area contributed by atoms with Crippen molar-refractivity contribution in [2.75, 3.05) is 4.90 Å². The average Bonchev–Trinajstić information content (AvgIpc) is 2.87. The molecule has 20 heavy (non-hydrogen) atoms. The smallest absolute Gasteiger partial charge is 0.252 e. The molecule has 2 aromatic rings. The van der Waals surface area contributed by atoms with E-state index in [1.54, 1.807) is 4.90 Å². The van der Waals surface area contributed by atoms with Crippen molar-refractivity contribution in [1.82, 2.24) is 14.8 Å². The number of rotatable bonds is 4. The van der Waals surface area contributed by atoms with Crippen LogP contribution in [0.1, 0.15) is 19.7 Å². The molecule has 0 aliphatic heterocycles. The standard InChI is InChI=1S/C14H15N5O/c1-11(2)19(12-6-4-3-5-7-12)14(20)9-18-10-16-13(8-15)17-18/h3-7,10-11H,9H2,1-2H3. The van der Waals surface area contributed by atoms with E-state index in [1.807, 2.05) is 50.2 Å². The molecule has 102 valence electrons. The Labute approximate surface area is 117 Å². The highest BCUT2D eigenvalue weighted by Crippen LogP contribution is 2.17. The zero-order chi connectivity index (χ0) is 14.5. The van der Waals surface area contributed by atoms with Gasteiger partial charge in [-0.15, -0.1) is 5.10 Å². The zero-order valence-corrected chi connectivity index (χ0v) is 11.4. The van der Waals surface area contributed by atoms with Gasteiger partial charge in [0, 0.05) is 11.7 Å². The minimum Gasteiger partial charge on any atom is -0.308 e. The molecule has 0 saturated carbocycles. The quantitative estimate of drug-likeness (QED) is 0.844. The van der Waals surface area contributed by atoms with Gasteiger partial charge >= 0.3 is 0 Å². The van der Waals surface area contributed by atoms with Gasteiger partial charge in [0.25, 0.3) is 5.82 Å². The normalized spacial score (nSPS) is 10.3. The number of aromatic nitrogens is 3. The second kappa shape index (κ2) is 5.97. The molecule has 0 N–H and O–H groups in total. The van der Waals surface area contributed by atoms with Crippen molar-refractivity contribution in [3.8, 4) is 6.07 Å². The van der Waals surface area contributed by atoms with E-state index in [-0.39, 0.29) is 24.3 Å². The largest absolute Gasteiger partial charge is 0.308 e. The summed E-state index contributed by atoms with van der Waals surface area (Å²) in [6.07, 6.45) is 1.39. The monoisotopic (exact) mass is 269 g/mol. The van der Waals surface area contributed by atoms with Crippen LogP contribution in [0.3, 0.4) is 0 Å². The van der Waals surface area contributed by atoms with Crippen molar-refractivity contribution in [2.24, 2.45) is 0 Å². The van der Waals surface area contributed by atoms with Gasteiger partial charge in [0.15, 0.2) is 0 Å². The van der Waals surface area contributed by atoms with Crippen molar-refractivity contribution in [2.45, 2.75) is 26.4 Å². The first-order chi connectivity index (χ1) is 9.61. The zero-order valence-electron chi connectivity index (χ0n) is 11.4. The molecule has 0 radical (unpaired) electrons. The molecule has 2 rings (SSSR count). The summed E-state index contributed by atoms with van der Waals surface area (Å²) in [7, 11) is 0. The van der Waals surface area contributed by atoms with Crippen molar-refractivity contribution in [1.29, 1.82) is 5.26 Å². The first-order valence-electron chi connectivity index (χ1n) is 6.28. The second-order valence-corrected chi connectivity index (χ2v) is 4.57. The first kappa shape index (κ1) is 13.7. The maximum atomic E-state index is 12.4. The van der Waals surface area contributed by atoms with Crippen LogP contribution in [0.15, 0.2) is 36.7 Å². The van der Waals surface area contributed by atoms with Crippen molar-refractivity contribution in [3.05, 3.63) is 42.5 Å². The fourth-order valence-electron chi connectivity index (χ4n) is 1.96. The molecule has 0 saturated heterocycles. The third kappa shape index (κ3) is 3.01. The Bertz CT molecular complexity index is 627. The molecule has 1 amide bonds. The lowest BCUT2D eigenvalue weighted by molar-refractivity contribution is -0.119. The number of nitriles is 1. The fraction of sp³-hybridized carbons (Fsp3) is 0.286. The van der Waals surface area contributed by atoms with Crippen LogP contribution in [0, 0.1) is 11.3 Å². The minimum absolute atomic E-state index is 0.0314. The van der Waals surface area contributed by atoms with Crippen LogP contribution in [0.5, 0.6) is 0 Å². The SMILES string of the molecule is CC(C)N(C(=O)Cn1cnc(C#N)n1)c1ccccc1. The summed E-state index contributed by atoms with van der Waals surface area (Å²) in [4.78, 5) is 17.9. The fourth-order valence-corrected chi connectivity index (χ4v) is 1.96. The first-order valence-corrected chi connectivity index (χ1v) is 6.28. The number of hydrogen-bond donors (Lipinski definition) is 0. The third-order valence-corrected chi connectivity index (χ3v) is 2.75. The van der Waals surface area contributed by atoms with Crippen LogP contribution >= 0.6 is 0 Å². The van der Waals surface area contributed by atoms with Crippen LogP contribution in [-0.4, -0.2) is 26.7 Å². The number of anilines is 1. The lowest BCUT2D eigenvalue weighted by Gasteiger charge is -2.26. The minimum atomic E-state index is -0.0967. The van der Waals surface area contributed by atoms with E-state index in [0.29, 0.717) is 0 Å². The van der Waals surface area contributed by atoms with Gasteiger partial charge in [-0.05, 0) is 26.0 Å². The van der Waals surface area contributed by atoms with Crippen LogP contribution in [0.4, 0.5) is 5.69 Å². The van der Waals surface area contributed by atoms with E-state index in [4.69, 9.17) is 5.26 Å². The lowest BCUT2D eigenvalue weighted by atomic mass is 10.2. The van der Waals surface area contributed by atoms with Crippen molar-refractivity contribution < 1.29 is 4.79 Å². The summed E-state index contributed by atoms with van der Waals surface area (Å²) in [6.45, 7) is 3.96. The van der Waals surface area contributed by atoms with E-state index in [0.717, 1.165) is 5.69 Å². The number of carbonyl (C=O) groups excluding carboxylic acids is 1. The topological polar surface area (TPSA) is 74.8 Å². The summed E-state index contributed by atoms with van der Waals surface area (Å²) in [5, 5.41) is 12.6. The molecule has 0 atom stereocenters. The Kier molecular flexibility index (Phi) is 4.11. The summed E-state index contributed by atoms with van der Waals surface area (Å²) in [5.74, 6) is -0.0332. The molecule has 0 bridgehead atoms. The summed E-state index contributed by atoms with van der Waals surface area (Å²) >= 11 is 0. The number of carbonyl (C=O) groups is 1. The molecule has 0 aliphatic carbocycles. The van der Waals surface area contributed by atoms with Gasteiger partial charge in [-0.3, -0.25) is 4.79 Å². The molecular formula is C14H15N5O. The van der Waals surface area contributed by atoms with E-state index < -0.39 is 0 Å². The summed E-state index contributed by atoms with van der Waals surface area (Å²) in [6, 6.07) is 11.3. The van der Waals surface area contributed by atoms with Crippen LogP contribution < -0.4 is 4.90 Å². The molecule has 0 aliphatic rings. The summed E-state index contributed by atoms with van der Waals surface area (Å²) < 4.78 is 1.37. The molecular weight excluding hydrogens is 254 g/mol. The predicted octanol–water partition coefficient (Wildman–Crippen LogP) is 1.59. The lowest BCUT2D eigenvalue weighted by Crippen LogP contribution is -2.39. The highest BCUT2D eigenvalue weighted by Gasteiger charge is 2.19. The Morgan fingerprint density at radius 1 is 1.40 bits per heavy atom. The van der Waals surface area contributed by atoms with Gasteiger partial charge in [-0.1, -0.05) is 18.2 Å². The number of benzene rings is 1. The maximum absolute atomic E-state index is 12.4. The van der Waals surface area contributed by atoms with Crippen LogP contribution in [0.2, 0.25) is 0 Å². The maximum Gasteiger partial charge on any atom is 0.252 e. The van der Waals surface area contributed by atoms with Gasteiger partial charge in [-0.25, -0.2) is 9.67 Å². The molecule has 0 fully saturated rings. The van der Waals surface area contributed by atoms with Gasteiger partial charge in [0.1, 0.15) is 18.9 Å². The van der Waals surface area contributed by atoms with Crippen molar-refractivity contribution >= 4 is 11.6 Å². The van der Waals surface area contributed by atoms with Crippen LogP contribution in [-0.2, 0) is 11.3 Å². The second-order valence-electron chi connectivity index (χ2n) is 4.57. The number of amides is 1. The summed E-state index contributed by atoms with van der Waals surface area (Å²) in [5.41, 5.74) is 0.841. The van der Waals surface area contributed by atoms with E-state index in [2.05, 4.69) is 10.1 Å². The number of nitrogens with zero attached hydrogens (tertiary/aromatic N) is 5. The van der Waals surface area contributed by atoms with Gasteiger partial charge < -0.3 is 4.90 Å². The number of hydrogen-bond acceptors (Lipinski definition) is 4. The Hall–Kier alpha value is -2.68. The molecule has 6 nitrogen and oxygen atoms in total. The van der Waals surface area contributed by atoms with Gasteiger partial charge in [0.2, 0.25) is 5.91 Å². The van der Waals surface area contributed by atoms with Crippen molar-refractivity contribution in [3.63, 3.8) is 0 Å². The molecule has 1 aromatic carbocycles. The third-order valence-electron chi connectivity index (χ3n) is 2.75.